The van der Waals surface area contributed by atoms with E-state index in [9.17, 15) is 0 Å². The number of ether oxygens (including phenoxy) is 2. The molecule has 2 nitrogen and oxygen atoms in total. The number of hydrogen-bond donors (Lipinski definition) is 0. The number of benzene rings is 1. The maximum atomic E-state index is 5.94. The van der Waals surface area contributed by atoms with Gasteiger partial charge in [0, 0.05) is 10.4 Å². The lowest BCUT2D eigenvalue weighted by Gasteiger charge is -2.14. The first-order chi connectivity index (χ1) is 9.24. The Bertz CT molecular complexity index is 540. The van der Waals surface area contributed by atoms with Gasteiger partial charge in [-0.3, -0.25) is 0 Å². The summed E-state index contributed by atoms with van der Waals surface area (Å²) in [7, 11) is 0. The monoisotopic (exact) mass is 316 g/mol. The van der Waals surface area contributed by atoms with Crippen molar-refractivity contribution in [2.24, 2.45) is 0 Å². The van der Waals surface area contributed by atoms with Crippen LogP contribution in [-0.4, -0.2) is 6.61 Å². The first-order valence-corrected chi connectivity index (χ1v) is 7.65. The van der Waals surface area contributed by atoms with Gasteiger partial charge in [-0.05, 0) is 25.1 Å². The van der Waals surface area contributed by atoms with E-state index in [0.717, 1.165) is 20.5 Å². The van der Waals surface area contributed by atoms with Gasteiger partial charge in [-0.25, -0.2) is 0 Å². The summed E-state index contributed by atoms with van der Waals surface area (Å²) in [5, 5.41) is 0. The topological polar surface area (TPSA) is 18.5 Å². The fourth-order valence-electron chi connectivity index (χ4n) is 1.67. The molecule has 0 aliphatic rings. The van der Waals surface area contributed by atoms with Crippen molar-refractivity contribution in [2.45, 2.75) is 19.4 Å². The van der Waals surface area contributed by atoms with Crippen molar-refractivity contribution >= 4 is 34.5 Å². The van der Waals surface area contributed by atoms with Gasteiger partial charge in [-0.2, -0.15) is 0 Å². The van der Waals surface area contributed by atoms with E-state index in [2.05, 4.69) is 0 Å². The minimum Gasteiger partial charge on any atom is -0.490 e. The Balaban J connectivity index is 2.17. The molecular formula is C14H14Cl2O2S. The SMILES string of the molecule is CCOc1cccc(CCl)c1OCc1ccc(Cl)s1. The molecule has 5 heteroatoms. The predicted octanol–water partition coefficient (Wildman–Crippen LogP) is 5.12. The summed E-state index contributed by atoms with van der Waals surface area (Å²) >= 11 is 13.3. The summed E-state index contributed by atoms with van der Waals surface area (Å²) in [6.07, 6.45) is 0. The van der Waals surface area contributed by atoms with Crippen LogP contribution in [0.2, 0.25) is 4.34 Å². The number of para-hydroxylation sites is 1. The highest BCUT2D eigenvalue weighted by atomic mass is 35.5. The molecule has 0 fully saturated rings. The maximum absolute atomic E-state index is 5.94. The van der Waals surface area contributed by atoms with Gasteiger partial charge in [-0.15, -0.1) is 22.9 Å². The zero-order valence-corrected chi connectivity index (χ0v) is 12.8. The van der Waals surface area contributed by atoms with E-state index < -0.39 is 0 Å². The second kappa shape index (κ2) is 7.04. The zero-order chi connectivity index (χ0) is 13.7. The Morgan fingerprint density at radius 1 is 1.16 bits per heavy atom. The third-order valence-corrected chi connectivity index (χ3v) is 3.98. The Labute approximate surface area is 126 Å². The van der Waals surface area contributed by atoms with Gasteiger partial charge < -0.3 is 9.47 Å². The predicted molar refractivity (Wildman–Crippen MR) is 80.8 cm³/mol. The molecule has 1 aromatic carbocycles. The van der Waals surface area contributed by atoms with Crippen LogP contribution in [0.5, 0.6) is 11.5 Å². The van der Waals surface area contributed by atoms with E-state index in [-0.39, 0.29) is 0 Å². The molecule has 0 saturated heterocycles. The van der Waals surface area contributed by atoms with Crippen molar-refractivity contribution in [2.75, 3.05) is 6.61 Å². The summed E-state index contributed by atoms with van der Waals surface area (Å²) < 4.78 is 12.2. The van der Waals surface area contributed by atoms with Crippen molar-refractivity contribution in [3.63, 3.8) is 0 Å². The van der Waals surface area contributed by atoms with E-state index in [0.29, 0.717) is 24.8 Å². The Kier molecular flexibility index (Phi) is 5.37. The molecule has 2 aromatic rings. The number of thiophene rings is 1. The molecule has 0 amide bonds. The van der Waals surface area contributed by atoms with E-state index in [1.165, 1.54) is 11.3 Å². The molecule has 0 bridgehead atoms. The van der Waals surface area contributed by atoms with Crippen molar-refractivity contribution < 1.29 is 9.47 Å². The second-order valence-corrected chi connectivity index (χ2v) is 5.87. The molecule has 19 heavy (non-hydrogen) atoms. The molecule has 0 aliphatic carbocycles. The quantitative estimate of drug-likeness (QED) is 0.689. The van der Waals surface area contributed by atoms with E-state index in [1.807, 2.05) is 37.3 Å². The lowest BCUT2D eigenvalue weighted by atomic mass is 10.2. The number of hydrogen-bond acceptors (Lipinski definition) is 3. The molecule has 0 atom stereocenters. The molecular weight excluding hydrogens is 303 g/mol. The Morgan fingerprint density at radius 3 is 2.63 bits per heavy atom. The fraction of sp³-hybridized carbons (Fsp3) is 0.286. The lowest BCUT2D eigenvalue weighted by Crippen LogP contribution is -2.01. The number of halogens is 2. The van der Waals surface area contributed by atoms with Crippen LogP contribution in [0.4, 0.5) is 0 Å². The van der Waals surface area contributed by atoms with Crippen molar-refractivity contribution in [1.82, 2.24) is 0 Å². The van der Waals surface area contributed by atoms with Gasteiger partial charge in [0.05, 0.1) is 16.8 Å². The van der Waals surface area contributed by atoms with Gasteiger partial charge in [-0.1, -0.05) is 23.7 Å². The van der Waals surface area contributed by atoms with Gasteiger partial charge in [0.1, 0.15) is 6.61 Å². The van der Waals surface area contributed by atoms with E-state index in [4.69, 9.17) is 32.7 Å². The summed E-state index contributed by atoms with van der Waals surface area (Å²) in [6.45, 7) is 2.99. The standard InChI is InChI=1S/C14H14Cl2O2S/c1-2-17-12-5-3-4-10(8-15)14(12)18-9-11-6-7-13(16)19-11/h3-7H,2,8-9H2,1H3. The summed E-state index contributed by atoms with van der Waals surface area (Å²) in [5.41, 5.74) is 0.926. The third kappa shape index (κ3) is 3.78. The minimum absolute atomic E-state index is 0.390. The number of rotatable bonds is 6. The van der Waals surface area contributed by atoms with Gasteiger partial charge in [0.15, 0.2) is 11.5 Å². The highest BCUT2D eigenvalue weighted by Gasteiger charge is 2.11. The molecule has 0 radical (unpaired) electrons. The zero-order valence-electron chi connectivity index (χ0n) is 10.5. The van der Waals surface area contributed by atoms with Crippen LogP contribution in [0.1, 0.15) is 17.4 Å². The summed E-state index contributed by atoms with van der Waals surface area (Å²) in [4.78, 5) is 1.07. The van der Waals surface area contributed by atoms with Crippen molar-refractivity contribution in [3.8, 4) is 11.5 Å². The molecule has 1 aromatic heterocycles. The molecule has 2 rings (SSSR count). The summed E-state index contributed by atoms with van der Waals surface area (Å²) in [6, 6.07) is 9.55. The van der Waals surface area contributed by atoms with Crippen LogP contribution >= 0.6 is 34.5 Å². The number of alkyl halides is 1. The second-order valence-electron chi connectivity index (χ2n) is 3.81. The van der Waals surface area contributed by atoms with Crippen LogP contribution in [0.3, 0.4) is 0 Å². The van der Waals surface area contributed by atoms with Gasteiger partial charge >= 0.3 is 0 Å². The molecule has 0 saturated carbocycles. The Hall–Kier alpha value is -0.900. The highest BCUT2D eigenvalue weighted by molar-refractivity contribution is 7.16. The van der Waals surface area contributed by atoms with E-state index in [1.54, 1.807) is 0 Å². The molecule has 1 heterocycles. The first-order valence-electron chi connectivity index (χ1n) is 5.92. The molecule has 0 spiro atoms. The van der Waals surface area contributed by atoms with Gasteiger partial charge in [0.25, 0.3) is 0 Å². The average molecular weight is 317 g/mol. The smallest absolute Gasteiger partial charge is 0.166 e. The average Bonchev–Trinajstić information content (AvgIpc) is 2.83. The summed E-state index contributed by atoms with van der Waals surface area (Å²) in [5.74, 6) is 1.83. The van der Waals surface area contributed by atoms with Crippen LogP contribution < -0.4 is 9.47 Å². The van der Waals surface area contributed by atoms with Gasteiger partial charge in [0.2, 0.25) is 0 Å². The van der Waals surface area contributed by atoms with Crippen LogP contribution in [0.25, 0.3) is 0 Å². The minimum atomic E-state index is 0.390. The molecule has 0 N–H and O–H groups in total. The first kappa shape index (κ1) is 14.5. The van der Waals surface area contributed by atoms with Crippen LogP contribution in [-0.2, 0) is 12.5 Å². The largest absolute Gasteiger partial charge is 0.490 e. The highest BCUT2D eigenvalue weighted by Crippen LogP contribution is 2.33. The van der Waals surface area contributed by atoms with Crippen molar-refractivity contribution in [3.05, 3.63) is 45.1 Å². The van der Waals surface area contributed by atoms with Crippen LogP contribution in [0, 0.1) is 0 Å². The maximum Gasteiger partial charge on any atom is 0.166 e. The van der Waals surface area contributed by atoms with E-state index >= 15 is 0 Å². The lowest BCUT2D eigenvalue weighted by molar-refractivity contribution is 0.269. The molecule has 0 unspecified atom stereocenters. The Morgan fingerprint density at radius 2 is 2.00 bits per heavy atom. The molecule has 0 aliphatic heterocycles. The van der Waals surface area contributed by atoms with Crippen LogP contribution in [0.15, 0.2) is 30.3 Å². The van der Waals surface area contributed by atoms with Crippen molar-refractivity contribution in [1.29, 1.82) is 0 Å². The fourth-order valence-corrected chi connectivity index (χ4v) is 2.88. The normalized spacial score (nSPS) is 10.5. The molecule has 102 valence electrons. The third-order valence-electron chi connectivity index (χ3n) is 2.49.